The Hall–Kier alpha value is -2.68. The third-order valence-electron chi connectivity index (χ3n) is 6.36. The molecule has 0 spiro atoms. The standard InChI is InChI=1S/C24H25ClN4O3S/c25-18-11-13-20(14-12-18)33(31,32)28-15-5-6-17(16-28)24(30)26-23-21-9-4-10-22(21)27-29(23)19-7-2-1-3-8-19/h1-3,7-8,11-14,17H,4-6,9-10,15-16H2,(H,26,30). The van der Waals surface area contributed by atoms with Crippen LogP contribution >= 0.6 is 11.6 Å². The summed E-state index contributed by atoms with van der Waals surface area (Å²) in [6, 6.07) is 15.9. The van der Waals surface area contributed by atoms with Crippen molar-refractivity contribution < 1.29 is 13.2 Å². The summed E-state index contributed by atoms with van der Waals surface area (Å²) in [4.78, 5) is 13.5. The number of nitrogens with zero attached hydrogens (tertiary/aromatic N) is 3. The maximum atomic E-state index is 13.3. The number of fused-ring (bicyclic) bond motifs is 1. The molecule has 0 bridgehead atoms. The SMILES string of the molecule is O=C(Nc1c2c(nn1-c1ccccc1)CCC2)C1CCCN(S(=O)(=O)c2ccc(Cl)cc2)C1. The number of hydrogen-bond acceptors (Lipinski definition) is 4. The van der Waals surface area contributed by atoms with Gasteiger partial charge in [-0.3, -0.25) is 4.79 Å². The second-order valence-corrected chi connectivity index (χ2v) is 10.9. The molecule has 172 valence electrons. The Balaban J connectivity index is 1.37. The molecule has 1 aliphatic carbocycles. The Morgan fingerprint density at radius 1 is 1.03 bits per heavy atom. The molecule has 0 radical (unpaired) electrons. The van der Waals surface area contributed by atoms with Crippen molar-refractivity contribution in [3.63, 3.8) is 0 Å². The van der Waals surface area contributed by atoms with Gasteiger partial charge < -0.3 is 5.32 Å². The van der Waals surface area contributed by atoms with Crippen LogP contribution < -0.4 is 5.32 Å². The number of amides is 1. The first-order valence-electron chi connectivity index (χ1n) is 11.2. The summed E-state index contributed by atoms with van der Waals surface area (Å²) in [5, 5.41) is 8.32. The Kier molecular flexibility index (Phi) is 5.99. The number of benzene rings is 2. The lowest BCUT2D eigenvalue weighted by Crippen LogP contribution is -2.43. The summed E-state index contributed by atoms with van der Waals surface area (Å²) in [7, 11) is -3.69. The summed E-state index contributed by atoms with van der Waals surface area (Å²) in [5.74, 6) is 0.103. The van der Waals surface area contributed by atoms with Crippen LogP contribution in [-0.2, 0) is 27.7 Å². The van der Waals surface area contributed by atoms with Gasteiger partial charge in [0.2, 0.25) is 15.9 Å². The van der Waals surface area contributed by atoms with Crippen molar-refractivity contribution in [1.29, 1.82) is 0 Å². The maximum absolute atomic E-state index is 13.3. The Labute approximate surface area is 198 Å². The fourth-order valence-electron chi connectivity index (χ4n) is 4.63. The highest BCUT2D eigenvalue weighted by Crippen LogP contribution is 2.32. The van der Waals surface area contributed by atoms with Gasteiger partial charge in [0.05, 0.1) is 22.2 Å². The van der Waals surface area contributed by atoms with Crippen molar-refractivity contribution in [2.24, 2.45) is 5.92 Å². The smallest absolute Gasteiger partial charge is 0.243 e. The van der Waals surface area contributed by atoms with E-state index in [-0.39, 0.29) is 17.3 Å². The van der Waals surface area contributed by atoms with E-state index in [2.05, 4.69) is 5.32 Å². The first-order chi connectivity index (χ1) is 15.9. The van der Waals surface area contributed by atoms with Gasteiger partial charge in [0.1, 0.15) is 5.82 Å². The third-order valence-corrected chi connectivity index (χ3v) is 8.49. The van der Waals surface area contributed by atoms with Crippen molar-refractivity contribution in [2.75, 3.05) is 18.4 Å². The molecule has 1 amide bonds. The highest BCUT2D eigenvalue weighted by atomic mass is 35.5. The largest absolute Gasteiger partial charge is 0.310 e. The van der Waals surface area contributed by atoms with Crippen LogP contribution in [0, 0.1) is 5.92 Å². The molecule has 0 saturated carbocycles. The number of carbonyl (C=O) groups excluding carboxylic acids is 1. The average molecular weight is 485 g/mol. The predicted molar refractivity (Wildman–Crippen MR) is 127 cm³/mol. The van der Waals surface area contributed by atoms with Crippen LogP contribution in [0.15, 0.2) is 59.5 Å². The van der Waals surface area contributed by atoms with Crippen LogP contribution in [0.2, 0.25) is 5.02 Å². The first kappa shape index (κ1) is 22.1. The number of aryl methyl sites for hydroxylation is 1. The minimum absolute atomic E-state index is 0.151. The molecule has 3 aromatic rings. The van der Waals surface area contributed by atoms with Crippen molar-refractivity contribution in [3.05, 3.63) is 70.9 Å². The molecule has 1 aromatic heterocycles. The molecule has 5 rings (SSSR count). The van der Waals surface area contributed by atoms with Crippen LogP contribution in [0.1, 0.15) is 30.5 Å². The van der Waals surface area contributed by atoms with E-state index in [1.165, 1.54) is 16.4 Å². The molecule has 1 unspecified atom stereocenters. The molecular weight excluding hydrogens is 460 g/mol. The Bertz CT molecular complexity index is 1270. The van der Waals surface area contributed by atoms with Crippen LogP contribution in [0.4, 0.5) is 5.82 Å². The minimum Gasteiger partial charge on any atom is -0.310 e. The second kappa shape index (κ2) is 8.93. The highest BCUT2D eigenvalue weighted by molar-refractivity contribution is 7.89. The molecule has 1 aliphatic heterocycles. The van der Waals surface area contributed by atoms with Crippen molar-refractivity contribution in [3.8, 4) is 5.69 Å². The van der Waals surface area contributed by atoms with Gasteiger partial charge in [0.15, 0.2) is 0 Å². The molecule has 2 heterocycles. The predicted octanol–water partition coefficient (Wildman–Crippen LogP) is 4.05. The van der Waals surface area contributed by atoms with E-state index in [4.69, 9.17) is 16.7 Å². The van der Waals surface area contributed by atoms with Gasteiger partial charge in [-0.25, -0.2) is 13.1 Å². The zero-order valence-corrected chi connectivity index (χ0v) is 19.6. The Morgan fingerprint density at radius 2 is 1.79 bits per heavy atom. The minimum atomic E-state index is -3.69. The summed E-state index contributed by atoms with van der Waals surface area (Å²) in [5.41, 5.74) is 2.98. The fraction of sp³-hybridized carbons (Fsp3) is 0.333. The van der Waals surface area contributed by atoms with Crippen LogP contribution in [-0.4, -0.2) is 41.5 Å². The number of anilines is 1. The van der Waals surface area contributed by atoms with E-state index < -0.39 is 15.9 Å². The number of hydrogen-bond donors (Lipinski definition) is 1. The maximum Gasteiger partial charge on any atom is 0.243 e. The zero-order chi connectivity index (χ0) is 23.0. The van der Waals surface area contributed by atoms with Gasteiger partial charge in [0.25, 0.3) is 0 Å². The Morgan fingerprint density at radius 3 is 2.55 bits per heavy atom. The van der Waals surface area contributed by atoms with E-state index in [1.54, 1.807) is 16.8 Å². The normalized spacial score (nSPS) is 18.8. The van der Waals surface area contributed by atoms with Gasteiger partial charge in [-0.05, 0) is 68.5 Å². The number of piperidine rings is 1. The van der Waals surface area contributed by atoms with E-state index in [9.17, 15) is 13.2 Å². The number of sulfonamides is 1. The molecule has 1 fully saturated rings. The second-order valence-electron chi connectivity index (χ2n) is 8.52. The van der Waals surface area contributed by atoms with E-state index in [1.807, 2.05) is 30.3 Å². The van der Waals surface area contributed by atoms with E-state index >= 15 is 0 Å². The lowest BCUT2D eigenvalue weighted by Gasteiger charge is -2.31. The molecule has 1 saturated heterocycles. The molecule has 1 N–H and O–H groups in total. The summed E-state index contributed by atoms with van der Waals surface area (Å²) in [6.45, 7) is 0.546. The number of nitrogens with one attached hydrogen (secondary N) is 1. The van der Waals surface area contributed by atoms with Gasteiger partial charge in [-0.15, -0.1) is 0 Å². The third kappa shape index (κ3) is 4.30. The summed E-state index contributed by atoms with van der Waals surface area (Å²) >= 11 is 5.91. The van der Waals surface area contributed by atoms with Crippen LogP contribution in [0.5, 0.6) is 0 Å². The van der Waals surface area contributed by atoms with Gasteiger partial charge in [-0.1, -0.05) is 29.8 Å². The van der Waals surface area contributed by atoms with Gasteiger partial charge >= 0.3 is 0 Å². The van der Waals surface area contributed by atoms with Crippen molar-refractivity contribution in [1.82, 2.24) is 14.1 Å². The number of rotatable bonds is 5. The highest BCUT2D eigenvalue weighted by Gasteiger charge is 2.34. The average Bonchev–Trinajstić information content (AvgIpc) is 3.43. The fourth-order valence-corrected chi connectivity index (χ4v) is 6.28. The quantitative estimate of drug-likeness (QED) is 0.592. The summed E-state index contributed by atoms with van der Waals surface area (Å²) < 4.78 is 29.4. The number of carbonyl (C=O) groups is 1. The molecule has 2 aromatic carbocycles. The first-order valence-corrected chi connectivity index (χ1v) is 13.0. The lowest BCUT2D eigenvalue weighted by molar-refractivity contribution is -0.120. The molecule has 1 atom stereocenters. The van der Waals surface area contributed by atoms with Crippen LogP contribution in [0.3, 0.4) is 0 Å². The van der Waals surface area contributed by atoms with Gasteiger partial charge in [-0.2, -0.15) is 9.40 Å². The van der Waals surface area contributed by atoms with Crippen molar-refractivity contribution in [2.45, 2.75) is 37.0 Å². The number of para-hydroxylation sites is 1. The van der Waals surface area contributed by atoms with Gasteiger partial charge in [0, 0.05) is 23.7 Å². The van der Waals surface area contributed by atoms with E-state index in [0.29, 0.717) is 30.2 Å². The molecule has 33 heavy (non-hydrogen) atoms. The monoisotopic (exact) mass is 484 g/mol. The summed E-state index contributed by atoms with van der Waals surface area (Å²) in [6.07, 6.45) is 4.06. The topological polar surface area (TPSA) is 84.3 Å². The molecular formula is C24H25ClN4O3S. The molecule has 2 aliphatic rings. The number of halogens is 1. The van der Waals surface area contributed by atoms with Crippen molar-refractivity contribution >= 4 is 33.3 Å². The zero-order valence-electron chi connectivity index (χ0n) is 18.1. The number of aromatic nitrogens is 2. The molecule has 9 heteroatoms. The van der Waals surface area contributed by atoms with Crippen LogP contribution in [0.25, 0.3) is 5.69 Å². The lowest BCUT2D eigenvalue weighted by atomic mass is 9.99. The molecule has 7 nitrogen and oxygen atoms in total. The van der Waals surface area contributed by atoms with E-state index in [0.717, 1.165) is 36.2 Å².